The van der Waals surface area contributed by atoms with Gasteiger partial charge in [0, 0.05) is 11.2 Å². The highest BCUT2D eigenvalue weighted by atomic mass is 35.5. The lowest BCUT2D eigenvalue weighted by molar-refractivity contribution is -0.137. The first-order valence-corrected chi connectivity index (χ1v) is 11.7. The molecule has 0 saturated carbocycles. The van der Waals surface area contributed by atoms with E-state index in [2.05, 4.69) is 15.3 Å². The number of carbonyl (C=O) groups is 1. The minimum atomic E-state index is -4.54. The third-order valence-electron chi connectivity index (χ3n) is 4.42. The van der Waals surface area contributed by atoms with E-state index >= 15 is 0 Å². The van der Waals surface area contributed by atoms with Crippen LogP contribution in [0.15, 0.2) is 76.1 Å². The standard InChI is InChI=1S/C23H15ClF3N3OS2/c24-15-7-5-14(6-8-15)12-28-16-9-10-19-20(11-16)33-22(30-19)32-13-21(31)29-18-4-2-1-3-17(18)23(25,26)27/h1-12H,13H2,(H,29,31). The number of aliphatic imine (C=N–C) groups is 1. The van der Waals surface area contributed by atoms with Crippen molar-refractivity contribution in [3.05, 3.63) is 82.9 Å². The van der Waals surface area contributed by atoms with Gasteiger partial charge in [0.05, 0.1) is 32.9 Å². The number of aromatic nitrogens is 1. The second kappa shape index (κ2) is 9.94. The van der Waals surface area contributed by atoms with Crippen LogP contribution in [0.25, 0.3) is 10.2 Å². The molecule has 4 rings (SSSR count). The molecule has 33 heavy (non-hydrogen) atoms. The van der Waals surface area contributed by atoms with Crippen molar-refractivity contribution in [2.24, 2.45) is 4.99 Å². The Kier molecular flexibility index (Phi) is 7.02. The fourth-order valence-corrected chi connectivity index (χ4v) is 4.91. The molecular formula is C23H15ClF3N3OS2. The maximum atomic E-state index is 13.1. The summed E-state index contributed by atoms with van der Waals surface area (Å²) in [6.45, 7) is 0. The first-order valence-electron chi connectivity index (χ1n) is 9.57. The maximum absolute atomic E-state index is 13.1. The Hall–Kier alpha value is -2.88. The Labute approximate surface area is 200 Å². The van der Waals surface area contributed by atoms with Crippen molar-refractivity contribution < 1.29 is 18.0 Å². The number of alkyl halides is 3. The molecule has 0 atom stereocenters. The minimum Gasteiger partial charge on any atom is -0.325 e. The number of carbonyl (C=O) groups excluding carboxylic acids is 1. The molecule has 0 radical (unpaired) electrons. The molecule has 0 spiro atoms. The van der Waals surface area contributed by atoms with Crippen molar-refractivity contribution >= 4 is 68.4 Å². The van der Waals surface area contributed by atoms with E-state index in [-0.39, 0.29) is 11.4 Å². The normalized spacial score (nSPS) is 11.9. The summed E-state index contributed by atoms with van der Waals surface area (Å²) in [5.41, 5.74) is 1.28. The fourth-order valence-electron chi connectivity index (χ4n) is 2.89. The number of halogens is 4. The van der Waals surface area contributed by atoms with Crippen molar-refractivity contribution in [1.29, 1.82) is 0 Å². The van der Waals surface area contributed by atoms with E-state index in [1.165, 1.54) is 41.3 Å². The number of anilines is 1. The molecule has 4 aromatic rings. The Morgan fingerprint density at radius 1 is 1.12 bits per heavy atom. The van der Waals surface area contributed by atoms with Crippen LogP contribution in [0.5, 0.6) is 0 Å². The van der Waals surface area contributed by atoms with E-state index in [4.69, 9.17) is 11.6 Å². The molecule has 3 aromatic carbocycles. The van der Waals surface area contributed by atoms with Gasteiger partial charge in [-0.05, 0) is 48.0 Å². The number of nitrogens with zero attached hydrogens (tertiary/aromatic N) is 2. The monoisotopic (exact) mass is 505 g/mol. The molecule has 1 N–H and O–H groups in total. The summed E-state index contributed by atoms with van der Waals surface area (Å²) in [6.07, 6.45) is -2.81. The third kappa shape index (κ3) is 6.13. The number of fused-ring (bicyclic) bond motifs is 1. The topological polar surface area (TPSA) is 54.4 Å². The van der Waals surface area contributed by atoms with Gasteiger partial charge in [-0.2, -0.15) is 13.2 Å². The number of nitrogens with one attached hydrogen (secondary N) is 1. The van der Waals surface area contributed by atoms with E-state index in [1.54, 1.807) is 18.3 Å². The van der Waals surface area contributed by atoms with Gasteiger partial charge in [0.1, 0.15) is 0 Å². The van der Waals surface area contributed by atoms with E-state index in [0.29, 0.717) is 9.36 Å². The maximum Gasteiger partial charge on any atom is 0.418 e. The zero-order valence-corrected chi connectivity index (χ0v) is 19.2. The summed E-state index contributed by atoms with van der Waals surface area (Å²) in [5, 5.41) is 2.99. The number of benzene rings is 3. The summed E-state index contributed by atoms with van der Waals surface area (Å²) in [6, 6.07) is 17.8. The van der Waals surface area contributed by atoms with Crippen molar-refractivity contribution in [3.8, 4) is 0 Å². The van der Waals surface area contributed by atoms with Gasteiger partial charge >= 0.3 is 6.18 Å². The first-order chi connectivity index (χ1) is 15.8. The smallest absolute Gasteiger partial charge is 0.325 e. The fraction of sp³-hybridized carbons (Fsp3) is 0.0870. The van der Waals surface area contributed by atoms with Gasteiger partial charge in [-0.3, -0.25) is 9.79 Å². The molecule has 1 heterocycles. The lowest BCUT2D eigenvalue weighted by atomic mass is 10.1. The largest absolute Gasteiger partial charge is 0.418 e. The minimum absolute atomic E-state index is 0.0619. The number of hydrogen-bond donors (Lipinski definition) is 1. The van der Waals surface area contributed by atoms with Crippen LogP contribution in [-0.2, 0) is 11.0 Å². The van der Waals surface area contributed by atoms with E-state index in [1.807, 2.05) is 30.3 Å². The Morgan fingerprint density at radius 3 is 2.64 bits per heavy atom. The Morgan fingerprint density at radius 2 is 1.88 bits per heavy atom. The number of thioether (sulfide) groups is 1. The highest BCUT2D eigenvalue weighted by Crippen LogP contribution is 2.35. The van der Waals surface area contributed by atoms with Crippen LogP contribution in [-0.4, -0.2) is 22.9 Å². The van der Waals surface area contributed by atoms with Gasteiger partial charge in [0.15, 0.2) is 4.34 Å². The van der Waals surface area contributed by atoms with Crippen LogP contribution >= 0.6 is 34.7 Å². The molecular weight excluding hydrogens is 491 g/mol. The SMILES string of the molecule is O=C(CSc1nc2ccc(N=Cc3ccc(Cl)cc3)cc2s1)Nc1ccccc1C(F)(F)F. The van der Waals surface area contributed by atoms with Crippen molar-refractivity contribution in [2.45, 2.75) is 10.5 Å². The molecule has 1 amide bonds. The lowest BCUT2D eigenvalue weighted by Crippen LogP contribution is -2.18. The molecule has 4 nitrogen and oxygen atoms in total. The molecule has 10 heteroatoms. The molecule has 0 unspecified atom stereocenters. The number of amides is 1. The molecule has 1 aromatic heterocycles. The number of rotatable bonds is 6. The lowest BCUT2D eigenvalue weighted by Gasteiger charge is -2.13. The van der Waals surface area contributed by atoms with Crippen LogP contribution in [0.4, 0.5) is 24.5 Å². The van der Waals surface area contributed by atoms with Crippen molar-refractivity contribution in [3.63, 3.8) is 0 Å². The molecule has 168 valence electrons. The van der Waals surface area contributed by atoms with Gasteiger partial charge in [-0.1, -0.05) is 47.6 Å². The average Bonchev–Trinajstić information content (AvgIpc) is 3.19. The second-order valence-electron chi connectivity index (χ2n) is 6.82. The summed E-state index contributed by atoms with van der Waals surface area (Å²) < 4.78 is 40.8. The summed E-state index contributed by atoms with van der Waals surface area (Å²) >= 11 is 8.44. The Balaban J connectivity index is 1.40. The van der Waals surface area contributed by atoms with Crippen molar-refractivity contribution in [1.82, 2.24) is 4.98 Å². The molecule has 0 fully saturated rings. The average molecular weight is 506 g/mol. The molecule has 0 aliphatic carbocycles. The summed E-state index contributed by atoms with van der Waals surface area (Å²) in [4.78, 5) is 21.2. The van der Waals surface area contributed by atoms with Crippen LogP contribution in [0.2, 0.25) is 5.02 Å². The second-order valence-corrected chi connectivity index (χ2v) is 9.51. The van der Waals surface area contributed by atoms with E-state index < -0.39 is 17.6 Å². The highest BCUT2D eigenvalue weighted by molar-refractivity contribution is 8.01. The van der Waals surface area contributed by atoms with Crippen LogP contribution in [0, 0.1) is 0 Å². The van der Waals surface area contributed by atoms with Gasteiger partial charge in [-0.15, -0.1) is 11.3 Å². The van der Waals surface area contributed by atoms with E-state index in [0.717, 1.165) is 27.5 Å². The highest BCUT2D eigenvalue weighted by Gasteiger charge is 2.33. The summed E-state index contributed by atoms with van der Waals surface area (Å²) in [7, 11) is 0. The third-order valence-corrected chi connectivity index (χ3v) is 6.83. The van der Waals surface area contributed by atoms with Crippen LogP contribution < -0.4 is 5.32 Å². The van der Waals surface area contributed by atoms with Crippen LogP contribution in [0.3, 0.4) is 0 Å². The summed E-state index contributed by atoms with van der Waals surface area (Å²) in [5.74, 6) is -0.600. The predicted molar refractivity (Wildman–Crippen MR) is 129 cm³/mol. The molecule has 0 saturated heterocycles. The van der Waals surface area contributed by atoms with Gasteiger partial charge in [0.2, 0.25) is 5.91 Å². The van der Waals surface area contributed by atoms with Gasteiger partial charge in [0.25, 0.3) is 0 Å². The quantitative estimate of drug-likeness (QED) is 0.219. The van der Waals surface area contributed by atoms with Crippen LogP contribution in [0.1, 0.15) is 11.1 Å². The first kappa shape index (κ1) is 23.3. The molecule has 0 bridgehead atoms. The predicted octanol–water partition coefficient (Wildman–Crippen LogP) is 7.45. The zero-order valence-electron chi connectivity index (χ0n) is 16.8. The zero-order chi connectivity index (χ0) is 23.4. The number of para-hydroxylation sites is 1. The number of thiazole rings is 1. The van der Waals surface area contributed by atoms with Crippen molar-refractivity contribution in [2.75, 3.05) is 11.1 Å². The van der Waals surface area contributed by atoms with Gasteiger partial charge in [-0.25, -0.2) is 4.98 Å². The molecule has 0 aliphatic rings. The van der Waals surface area contributed by atoms with E-state index in [9.17, 15) is 18.0 Å². The Bertz CT molecular complexity index is 1320. The van der Waals surface area contributed by atoms with Gasteiger partial charge < -0.3 is 5.32 Å². The molecule has 0 aliphatic heterocycles. The number of hydrogen-bond acceptors (Lipinski definition) is 5.